The molecular weight excluding hydrogens is 260 g/mol. The molecule has 0 aromatic carbocycles. The molecule has 0 saturated carbocycles. The number of unbranched alkanes of at least 4 members (excludes halogenated alkanes) is 2. The zero-order valence-electron chi connectivity index (χ0n) is 11.8. The van der Waals surface area contributed by atoms with Crippen molar-refractivity contribution in [2.45, 2.75) is 70.1 Å². The summed E-state index contributed by atoms with van der Waals surface area (Å²) < 4.78 is 20.8. The third-order valence-electron chi connectivity index (χ3n) is 3.49. The zero-order chi connectivity index (χ0) is 14.0. The van der Waals surface area contributed by atoms with Crippen LogP contribution in [0, 0.1) is 0 Å². The van der Waals surface area contributed by atoms with Gasteiger partial charge in [0, 0.05) is 12.8 Å². The molecule has 2 rings (SSSR count). The van der Waals surface area contributed by atoms with Crippen LogP contribution in [-0.4, -0.2) is 23.8 Å². The molecule has 0 fully saturated rings. The molecule has 5 heteroatoms. The smallest absolute Gasteiger partial charge is 0.239 e. The molecule has 5 nitrogen and oxygen atoms in total. The molecule has 0 aromatic rings. The Bertz CT molecular complexity index is 269. The van der Waals surface area contributed by atoms with E-state index in [1.807, 2.05) is 0 Å². The summed E-state index contributed by atoms with van der Waals surface area (Å²) in [6, 6.07) is 0. The molecule has 0 bridgehead atoms. The summed E-state index contributed by atoms with van der Waals surface area (Å²) in [6.07, 6.45) is 13.3. The van der Waals surface area contributed by atoms with Gasteiger partial charge in [0.25, 0.3) is 0 Å². The minimum Gasteiger partial charge on any atom is -0.459 e. The Hall–Kier alpha value is -1.36. The van der Waals surface area contributed by atoms with Gasteiger partial charge >= 0.3 is 0 Å². The van der Waals surface area contributed by atoms with Gasteiger partial charge in [0.1, 0.15) is 25.0 Å². The van der Waals surface area contributed by atoms with Crippen LogP contribution < -0.4 is 0 Å². The summed E-state index contributed by atoms with van der Waals surface area (Å²) in [5, 5.41) is 9.88. The summed E-state index contributed by atoms with van der Waals surface area (Å²) >= 11 is 0. The first kappa shape index (κ1) is 15.0. The largest absolute Gasteiger partial charge is 0.459 e. The Morgan fingerprint density at radius 1 is 0.700 bits per heavy atom. The number of hydrogen-bond acceptors (Lipinski definition) is 5. The van der Waals surface area contributed by atoms with Gasteiger partial charge in [0.15, 0.2) is 0 Å². The second-order valence-corrected chi connectivity index (χ2v) is 5.17. The quantitative estimate of drug-likeness (QED) is 0.624. The van der Waals surface area contributed by atoms with E-state index in [9.17, 15) is 5.11 Å². The summed E-state index contributed by atoms with van der Waals surface area (Å²) in [5.74, 6) is 0. The van der Waals surface area contributed by atoms with Gasteiger partial charge in [0.2, 0.25) is 12.6 Å². The van der Waals surface area contributed by atoms with E-state index >= 15 is 0 Å². The van der Waals surface area contributed by atoms with Crippen LogP contribution in [0.25, 0.3) is 0 Å². The van der Waals surface area contributed by atoms with Crippen LogP contribution in [0.4, 0.5) is 0 Å². The normalized spacial score (nSPS) is 18.1. The maximum absolute atomic E-state index is 9.88. The third-order valence-corrected chi connectivity index (χ3v) is 3.49. The molecule has 20 heavy (non-hydrogen) atoms. The maximum atomic E-state index is 9.88. The Kier molecular flexibility index (Phi) is 6.57. The molecule has 0 aromatic heterocycles. The Morgan fingerprint density at radius 2 is 1.10 bits per heavy atom. The van der Waals surface area contributed by atoms with Crippen molar-refractivity contribution in [2.75, 3.05) is 0 Å². The summed E-state index contributed by atoms with van der Waals surface area (Å²) in [7, 11) is 0. The van der Waals surface area contributed by atoms with Gasteiger partial charge in [-0.25, -0.2) is 0 Å². The second kappa shape index (κ2) is 8.74. The molecule has 0 spiro atoms. The monoisotopic (exact) mass is 284 g/mol. The highest BCUT2D eigenvalue weighted by molar-refractivity contribution is 4.72. The van der Waals surface area contributed by atoms with Gasteiger partial charge < -0.3 is 24.1 Å². The lowest BCUT2D eigenvalue weighted by Crippen LogP contribution is -2.10. The van der Waals surface area contributed by atoms with Crippen molar-refractivity contribution in [1.29, 1.82) is 0 Å². The van der Waals surface area contributed by atoms with E-state index in [-0.39, 0.29) is 18.7 Å². The topological polar surface area (TPSA) is 57.2 Å². The van der Waals surface area contributed by atoms with Crippen molar-refractivity contribution in [2.24, 2.45) is 0 Å². The minimum atomic E-state index is -0.206. The summed E-state index contributed by atoms with van der Waals surface area (Å²) in [5.41, 5.74) is 0. The van der Waals surface area contributed by atoms with Crippen LogP contribution in [0.1, 0.15) is 51.4 Å². The lowest BCUT2D eigenvalue weighted by molar-refractivity contribution is -0.0305. The van der Waals surface area contributed by atoms with Crippen LogP contribution in [0.15, 0.2) is 25.0 Å². The Morgan fingerprint density at radius 3 is 1.50 bits per heavy atom. The average molecular weight is 284 g/mol. The average Bonchev–Trinajstić information content (AvgIpc) is 3.13. The van der Waals surface area contributed by atoms with Crippen LogP contribution in [0.3, 0.4) is 0 Å². The van der Waals surface area contributed by atoms with E-state index in [0.29, 0.717) is 0 Å². The molecule has 2 heterocycles. The number of aliphatic hydroxyl groups is 1. The van der Waals surface area contributed by atoms with Gasteiger partial charge in [0.05, 0.1) is 6.10 Å². The van der Waals surface area contributed by atoms with Crippen molar-refractivity contribution in [3.05, 3.63) is 25.0 Å². The molecule has 1 N–H and O–H groups in total. The molecule has 0 unspecified atom stereocenters. The number of ether oxygens (including phenoxy) is 4. The van der Waals surface area contributed by atoms with Gasteiger partial charge in [-0.05, 0) is 25.7 Å². The zero-order valence-corrected chi connectivity index (χ0v) is 11.8. The first-order chi connectivity index (χ1) is 9.84. The molecule has 114 valence electrons. The fourth-order valence-electron chi connectivity index (χ4n) is 2.34. The third kappa shape index (κ3) is 5.74. The second-order valence-electron chi connectivity index (χ2n) is 5.17. The van der Waals surface area contributed by atoms with E-state index in [1.165, 1.54) is 0 Å². The fourth-order valence-corrected chi connectivity index (χ4v) is 2.34. The Balaban J connectivity index is 1.37. The Labute approximate surface area is 120 Å². The standard InChI is InChI=1S/C15H24O5/c16-13(5-1-3-7-14-17-9-10-18-14)6-2-4-8-15-19-11-12-20-15/h9-16H,1-8H2. The molecule has 2 aliphatic rings. The van der Waals surface area contributed by atoms with Crippen LogP contribution in [0.2, 0.25) is 0 Å². The van der Waals surface area contributed by atoms with E-state index in [4.69, 9.17) is 18.9 Å². The molecule has 0 radical (unpaired) electrons. The number of rotatable bonds is 10. The van der Waals surface area contributed by atoms with E-state index in [2.05, 4.69) is 0 Å². The number of hydrogen-bond donors (Lipinski definition) is 1. The van der Waals surface area contributed by atoms with Crippen molar-refractivity contribution in [3.8, 4) is 0 Å². The molecular formula is C15H24O5. The van der Waals surface area contributed by atoms with E-state index < -0.39 is 0 Å². The summed E-state index contributed by atoms with van der Waals surface area (Å²) in [6.45, 7) is 0. The van der Waals surface area contributed by atoms with Crippen molar-refractivity contribution in [1.82, 2.24) is 0 Å². The molecule has 0 aliphatic carbocycles. The predicted octanol–water partition coefficient (Wildman–Crippen LogP) is 3.16. The molecule has 2 aliphatic heterocycles. The van der Waals surface area contributed by atoms with Crippen molar-refractivity contribution < 1.29 is 24.1 Å². The van der Waals surface area contributed by atoms with Crippen molar-refractivity contribution >= 4 is 0 Å². The lowest BCUT2D eigenvalue weighted by atomic mass is 10.0. The van der Waals surface area contributed by atoms with Crippen LogP contribution >= 0.6 is 0 Å². The minimum absolute atomic E-state index is 0.118. The first-order valence-corrected chi connectivity index (χ1v) is 7.44. The van der Waals surface area contributed by atoms with E-state index in [1.54, 1.807) is 25.0 Å². The highest BCUT2D eigenvalue weighted by atomic mass is 16.7. The van der Waals surface area contributed by atoms with Gasteiger partial charge in [-0.2, -0.15) is 0 Å². The highest BCUT2D eigenvalue weighted by Crippen LogP contribution is 2.17. The van der Waals surface area contributed by atoms with Crippen molar-refractivity contribution in [3.63, 3.8) is 0 Å². The van der Waals surface area contributed by atoms with Gasteiger partial charge in [-0.1, -0.05) is 12.8 Å². The predicted molar refractivity (Wildman–Crippen MR) is 73.1 cm³/mol. The fraction of sp³-hybridized carbons (Fsp3) is 0.733. The van der Waals surface area contributed by atoms with Gasteiger partial charge in [-0.3, -0.25) is 0 Å². The number of aliphatic hydroxyl groups excluding tert-OH is 1. The maximum Gasteiger partial charge on any atom is 0.239 e. The summed E-state index contributed by atoms with van der Waals surface area (Å²) in [4.78, 5) is 0. The van der Waals surface area contributed by atoms with Crippen LogP contribution in [-0.2, 0) is 18.9 Å². The lowest BCUT2D eigenvalue weighted by Gasteiger charge is -2.13. The van der Waals surface area contributed by atoms with Gasteiger partial charge in [-0.15, -0.1) is 0 Å². The molecule has 0 saturated heterocycles. The highest BCUT2D eigenvalue weighted by Gasteiger charge is 2.13. The van der Waals surface area contributed by atoms with Crippen LogP contribution in [0.5, 0.6) is 0 Å². The molecule has 0 amide bonds. The van der Waals surface area contributed by atoms with E-state index in [0.717, 1.165) is 51.4 Å². The SMILES string of the molecule is OC(CCCCC1OC=CO1)CCCCC1OC=CO1. The molecule has 0 atom stereocenters. The first-order valence-electron chi connectivity index (χ1n) is 7.44.